The van der Waals surface area contributed by atoms with Crippen molar-refractivity contribution in [2.45, 2.75) is 36.0 Å². The summed E-state index contributed by atoms with van der Waals surface area (Å²) in [7, 11) is -4.04. The summed E-state index contributed by atoms with van der Waals surface area (Å²) >= 11 is 0. The highest BCUT2D eigenvalue weighted by Crippen LogP contribution is 2.36. The fourth-order valence-corrected chi connectivity index (χ4v) is 4.57. The molecule has 1 saturated heterocycles. The van der Waals surface area contributed by atoms with Crippen molar-refractivity contribution in [2.75, 3.05) is 18.0 Å². The first-order chi connectivity index (χ1) is 13.3. The molecule has 4 rings (SSSR count). The van der Waals surface area contributed by atoms with Crippen LogP contribution in [-0.2, 0) is 14.6 Å². The van der Waals surface area contributed by atoms with Crippen molar-refractivity contribution in [2.24, 2.45) is 0 Å². The van der Waals surface area contributed by atoms with E-state index < -0.39 is 15.7 Å². The molecule has 1 aliphatic heterocycles. The Kier molecular flexibility index (Phi) is 4.72. The molecule has 0 aliphatic carbocycles. The molecule has 0 saturated carbocycles. The summed E-state index contributed by atoms with van der Waals surface area (Å²) in [5.41, 5.74) is 0. The number of hydrogen-bond acceptors (Lipinski definition) is 7. The molecule has 7 nitrogen and oxygen atoms in total. The summed E-state index contributed by atoms with van der Waals surface area (Å²) in [6, 6.07) is 7.90. The van der Waals surface area contributed by atoms with E-state index in [-0.39, 0.29) is 33.9 Å². The molecule has 28 heavy (non-hydrogen) atoms. The van der Waals surface area contributed by atoms with Gasteiger partial charge in [0.25, 0.3) is 5.89 Å². The third-order valence-corrected chi connectivity index (χ3v) is 6.06. The Morgan fingerprint density at radius 1 is 1.11 bits per heavy atom. The van der Waals surface area contributed by atoms with E-state index in [9.17, 15) is 12.8 Å². The lowest BCUT2D eigenvalue weighted by Gasteiger charge is -2.35. The summed E-state index contributed by atoms with van der Waals surface area (Å²) in [6.07, 6.45) is 1.23. The number of anilines is 1. The van der Waals surface area contributed by atoms with Crippen molar-refractivity contribution in [1.29, 1.82) is 0 Å². The van der Waals surface area contributed by atoms with Gasteiger partial charge in [-0.15, -0.1) is 0 Å². The van der Waals surface area contributed by atoms with Crippen LogP contribution in [0.25, 0.3) is 11.7 Å². The largest absolute Gasteiger partial charge is 0.459 e. The molecule has 148 valence electrons. The van der Waals surface area contributed by atoms with Gasteiger partial charge >= 0.3 is 0 Å². The molecule has 1 aromatic carbocycles. The maximum Gasteiger partial charge on any atom is 0.266 e. The Hall–Kier alpha value is -2.65. The van der Waals surface area contributed by atoms with Gasteiger partial charge in [0.1, 0.15) is 5.82 Å². The van der Waals surface area contributed by atoms with E-state index in [1.54, 1.807) is 17.0 Å². The zero-order valence-electron chi connectivity index (χ0n) is 15.3. The Labute approximate surface area is 161 Å². The summed E-state index contributed by atoms with van der Waals surface area (Å²) in [5.74, 6) is -0.0206. The smallest absolute Gasteiger partial charge is 0.266 e. The van der Waals surface area contributed by atoms with Crippen molar-refractivity contribution in [3.05, 3.63) is 48.5 Å². The Morgan fingerprint density at radius 3 is 2.39 bits per heavy atom. The van der Waals surface area contributed by atoms with Gasteiger partial charge in [-0.05, 0) is 50.2 Å². The number of halogens is 1. The van der Waals surface area contributed by atoms with Gasteiger partial charge in [-0.2, -0.15) is 4.98 Å². The first-order valence-corrected chi connectivity index (χ1v) is 10.3. The van der Waals surface area contributed by atoms with E-state index in [0.717, 1.165) is 12.1 Å². The van der Waals surface area contributed by atoms with Gasteiger partial charge in [0.15, 0.2) is 5.76 Å². The Morgan fingerprint density at radius 2 is 1.79 bits per heavy atom. The molecule has 1 aliphatic rings. The van der Waals surface area contributed by atoms with Gasteiger partial charge < -0.3 is 18.5 Å². The van der Waals surface area contributed by atoms with Crippen LogP contribution < -0.4 is 4.90 Å². The molecule has 0 bridgehead atoms. The second-order valence-electron chi connectivity index (χ2n) is 6.73. The van der Waals surface area contributed by atoms with Crippen LogP contribution in [0.4, 0.5) is 10.3 Å². The number of aromatic nitrogens is 1. The number of oxazole rings is 1. The monoisotopic (exact) mass is 406 g/mol. The van der Waals surface area contributed by atoms with E-state index in [1.807, 2.05) is 13.8 Å². The van der Waals surface area contributed by atoms with Gasteiger partial charge in [-0.1, -0.05) is 0 Å². The number of nitrogens with zero attached hydrogens (tertiary/aromatic N) is 2. The molecule has 0 spiro atoms. The molecular formula is C19H19FN2O5S. The number of rotatable bonds is 4. The third kappa shape index (κ3) is 3.43. The zero-order valence-corrected chi connectivity index (χ0v) is 16.1. The molecule has 3 aromatic rings. The molecule has 3 heterocycles. The standard InChI is InChI=1S/C19H19FN2O5S/c1-12-10-22(11-13(2)26-12)19-18(21-17(27-19)16-4-3-9-25-16)28(23,24)15-7-5-14(20)6-8-15/h3-9,12-13H,10-11H2,1-2H3/t12-,13-/m0/s1. The molecule has 9 heteroatoms. The topological polar surface area (TPSA) is 85.8 Å². The molecule has 0 radical (unpaired) electrons. The molecule has 1 fully saturated rings. The number of morpholine rings is 1. The van der Waals surface area contributed by atoms with Crippen molar-refractivity contribution in [3.8, 4) is 11.7 Å². The first-order valence-electron chi connectivity index (χ1n) is 8.80. The number of hydrogen-bond donors (Lipinski definition) is 0. The fraction of sp³-hybridized carbons (Fsp3) is 0.316. The predicted octanol–water partition coefficient (Wildman–Crippen LogP) is 3.52. The van der Waals surface area contributed by atoms with Crippen molar-refractivity contribution in [3.63, 3.8) is 0 Å². The fourth-order valence-electron chi connectivity index (χ4n) is 3.25. The second-order valence-corrected chi connectivity index (χ2v) is 8.59. The van der Waals surface area contributed by atoms with Gasteiger partial charge in [-0.3, -0.25) is 0 Å². The number of ether oxygens (including phenoxy) is 1. The quantitative estimate of drug-likeness (QED) is 0.613. The normalized spacial score (nSPS) is 20.5. The van der Waals surface area contributed by atoms with E-state index in [0.29, 0.717) is 18.8 Å². The molecule has 2 aromatic heterocycles. The van der Waals surface area contributed by atoms with Crippen molar-refractivity contribution >= 4 is 15.7 Å². The SMILES string of the molecule is C[C@H]1CN(c2oc(-c3ccco3)nc2S(=O)(=O)c2ccc(F)cc2)C[C@H](C)O1. The number of sulfone groups is 1. The average molecular weight is 406 g/mol. The first kappa shape index (κ1) is 18.7. The van der Waals surface area contributed by atoms with Crippen LogP contribution >= 0.6 is 0 Å². The van der Waals surface area contributed by atoms with Crippen LogP contribution in [0.2, 0.25) is 0 Å². The maximum atomic E-state index is 13.3. The van der Waals surface area contributed by atoms with Crippen LogP contribution in [0.3, 0.4) is 0 Å². The molecule has 0 amide bonds. The average Bonchev–Trinajstić information content (AvgIpc) is 3.31. The van der Waals surface area contributed by atoms with Crippen LogP contribution in [0.5, 0.6) is 0 Å². The zero-order chi connectivity index (χ0) is 19.9. The van der Waals surface area contributed by atoms with Gasteiger partial charge in [-0.25, -0.2) is 12.8 Å². The minimum Gasteiger partial charge on any atom is -0.459 e. The summed E-state index contributed by atoms with van der Waals surface area (Å²) < 4.78 is 56.6. The van der Waals surface area contributed by atoms with Gasteiger partial charge in [0.05, 0.1) is 23.4 Å². The third-order valence-electron chi connectivity index (χ3n) is 4.40. The van der Waals surface area contributed by atoms with E-state index in [2.05, 4.69) is 4.98 Å². The molecule has 2 atom stereocenters. The lowest BCUT2D eigenvalue weighted by Crippen LogP contribution is -2.45. The van der Waals surface area contributed by atoms with E-state index >= 15 is 0 Å². The minimum atomic E-state index is -4.04. The summed E-state index contributed by atoms with van der Waals surface area (Å²) in [5, 5.41) is -0.230. The van der Waals surface area contributed by atoms with E-state index in [4.69, 9.17) is 13.6 Å². The van der Waals surface area contributed by atoms with Gasteiger partial charge in [0.2, 0.25) is 20.7 Å². The Bertz CT molecular complexity index is 1050. The molecular weight excluding hydrogens is 387 g/mol. The highest BCUT2D eigenvalue weighted by molar-refractivity contribution is 7.91. The number of benzene rings is 1. The van der Waals surface area contributed by atoms with Gasteiger partial charge in [0, 0.05) is 13.1 Å². The molecule has 0 N–H and O–H groups in total. The minimum absolute atomic E-state index is 0.0625. The van der Waals surface area contributed by atoms with Crippen molar-refractivity contribution in [1.82, 2.24) is 4.98 Å². The lowest BCUT2D eigenvalue weighted by atomic mass is 10.2. The van der Waals surface area contributed by atoms with Crippen LogP contribution in [0, 0.1) is 5.82 Å². The Balaban J connectivity index is 1.84. The number of furan rings is 1. The van der Waals surface area contributed by atoms with Crippen LogP contribution in [-0.4, -0.2) is 38.7 Å². The highest BCUT2D eigenvalue weighted by atomic mass is 32.2. The second kappa shape index (κ2) is 7.06. The summed E-state index contributed by atoms with van der Waals surface area (Å²) in [6.45, 7) is 4.70. The van der Waals surface area contributed by atoms with E-state index in [1.165, 1.54) is 18.4 Å². The lowest BCUT2D eigenvalue weighted by molar-refractivity contribution is -0.00657. The maximum absolute atomic E-state index is 13.3. The predicted molar refractivity (Wildman–Crippen MR) is 98.3 cm³/mol. The summed E-state index contributed by atoms with van der Waals surface area (Å²) in [4.78, 5) is 5.96. The van der Waals surface area contributed by atoms with Crippen LogP contribution in [0.15, 0.2) is 61.4 Å². The highest BCUT2D eigenvalue weighted by Gasteiger charge is 2.34. The van der Waals surface area contributed by atoms with Crippen LogP contribution in [0.1, 0.15) is 13.8 Å². The molecule has 0 unspecified atom stereocenters. The van der Waals surface area contributed by atoms with Crippen molar-refractivity contribution < 1.29 is 26.4 Å².